The molecule has 1 saturated heterocycles. The summed E-state index contributed by atoms with van der Waals surface area (Å²) in [6.45, 7) is 0.154. The Balaban J connectivity index is 1.52. The fraction of sp³-hybridized carbons (Fsp3) is 0.318. The van der Waals surface area contributed by atoms with Gasteiger partial charge in [0, 0.05) is 44.2 Å². The first-order valence-corrected chi connectivity index (χ1v) is 11.8. The molecule has 1 aliphatic rings. The number of nitrogens with zero attached hydrogens (tertiary/aromatic N) is 3. The Hall–Kier alpha value is -3.03. The fourth-order valence-corrected chi connectivity index (χ4v) is 5.43. The average Bonchev–Trinajstić information content (AvgIpc) is 2.85. The number of benzene rings is 2. The molecule has 0 unspecified atom stereocenters. The standard InChI is InChI=1S/C22H20F5N3O4S/c1-33-13-3-4-15-14(10-13)16(34-2)9-12(28-15)11-29-5-7-30(8-6-29)35(31,32)22-20(26)18(24)17(23)19(25)21(22)27/h3-4,9-10H,5-8,11H2,1-2H3. The van der Waals surface area contributed by atoms with Crippen LogP contribution in [0.15, 0.2) is 29.2 Å². The fourth-order valence-electron chi connectivity index (χ4n) is 3.90. The first kappa shape index (κ1) is 25.1. The Morgan fingerprint density at radius 2 is 1.46 bits per heavy atom. The predicted octanol–water partition coefficient (Wildman–Crippen LogP) is 3.45. The van der Waals surface area contributed by atoms with Crippen molar-refractivity contribution in [1.29, 1.82) is 0 Å². The predicted molar refractivity (Wildman–Crippen MR) is 115 cm³/mol. The molecule has 0 bridgehead atoms. The topological polar surface area (TPSA) is 72.0 Å². The highest BCUT2D eigenvalue weighted by Crippen LogP contribution is 2.31. The summed E-state index contributed by atoms with van der Waals surface area (Å²) in [7, 11) is -1.91. The third-order valence-electron chi connectivity index (χ3n) is 5.74. The molecule has 0 radical (unpaired) electrons. The average molecular weight is 517 g/mol. The zero-order chi connectivity index (χ0) is 25.5. The van der Waals surface area contributed by atoms with Crippen LogP contribution in [-0.2, 0) is 16.6 Å². The maximum absolute atomic E-state index is 14.1. The summed E-state index contributed by atoms with van der Waals surface area (Å²) < 4.78 is 105. The maximum atomic E-state index is 14.1. The number of halogens is 5. The number of methoxy groups -OCH3 is 2. The van der Waals surface area contributed by atoms with Crippen LogP contribution in [0.1, 0.15) is 5.69 Å². The number of ether oxygens (including phenoxy) is 2. The van der Waals surface area contributed by atoms with E-state index < -0.39 is 44.0 Å². The highest BCUT2D eigenvalue weighted by Gasteiger charge is 2.38. The van der Waals surface area contributed by atoms with Gasteiger partial charge in [0.25, 0.3) is 0 Å². The summed E-state index contributed by atoms with van der Waals surface area (Å²) in [5.41, 5.74) is 1.29. The molecule has 188 valence electrons. The van der Waals surface area contributed by atoms with Crippen molar-refractivity contribution >= 4 is 20.9 Å². The number of hydrogen-bond donors (Lipinski definition) is 0. The molecule has 4 rings (SSSR count). The second kappa shape index (κ2) is 9.55. The Morgan fingerprint density at radius 1 is 0.857 bits per heavy atom. The number of fused-ring (bicyclic) bond motifs is 1. The molecule has 0 spiro atoms. The highest BCUT2D eigenvalue weighted by molar-refractivity contribution is 7.89. The van der Waals surface area contributed by atoms with E-state index in [0.717, 1.165) is 5.39 Å². The molecule has 0 saturated carbocycles. The molecule has 2 heterocycles. The molecular weight excluding hydrogens is 497 g/mol. The third-order valence-corrected chi connectivity index (χ3v) is 7.65. The van der Waals surface area contributed by atoms with Gasteiger partial charge in [-0.2, -0.15) is 4.31 Å². The van der Waals surface area contributed by atoms with Gasteiger partial charge in [0.2, 0.25) is 15.8 Å². The summed E-state index contributed by atoms with van der Waals surface area (Å²) >= 11 is 0. The van der Waals surface area contributed by atoms with Gasteiger partial charge in [-0.15, -0.1) is 0 Å². The van der Waals surface area contributed by atoms with Crippen LogP contribution in [0, 0.1) is 29.1 Å². The van der Waals surface area contributed by atoms with E-state index in [2.05, 4.69) is 4.98 Å². The lowest BCUT2D eigenvalue weighted by Crippen LogP contribution is -2.48. The van der Waals surface area contributed by atoms with Crippen molar-refractivity contribution in [1.82, 2.24) is 14.2 Å². The van der Waals surface area contributed by atoms with E-state index in [0.29, 0.717) is 33.6 Å². The van der Waals surface area contributed by atoms with E-state index in [-0.39, 0.29) is 26.2 Å². The maximum Gasteiger partial charge on any atom is 0.249 e. The molecule has 0 amide bonds. The van der Waals surface area contributed by atoms with Crippen LogP contribution in [0.4, 0.5) is 22.0 Å². The summed E-state index contributed by atoms with van der Waals surface area (Å²) in [6, 6.07) is 7.05. The summed E-state index contributed by atoms with van der Waals surface area (Å²) in [5.74, 6) is -10.6. The van der Waals surface area contributed by atoms with Crippen LogP contribution in [0.2, 0.25) is 0 Å². The minimum Gasteiger partial charge on any atom is -0.497 e. The van der Waals surface area contributed by atoms with Crippen LogP contribution in [0.5, 0.6) is 11.5 Å². The smallest absolute Gasteiger partial charge is 0.249 e. The minimum atomic E-state index is -4.97. The number of pyridine rings is 1. The van der Waals surface area contributed by atoms with Crippen molar-refractivity contribution in [3.05, 3.63) is 59.0 Å². The van der Waals surface area contributed by atoms with Crippen molar-refractivity contribution in [2.45, 2.75) is 11.4 Å². The number of hydrogen-bond acceptors (Lipinski definition) is 6. The SMILES string of the molecule is COc1ccc2nc(CN3CCN(S(=O)(=O)c4c(F)c(F)c(F)c(F)c4F)CC3)cc(OC)c2c1. The number of aromatic nitrogens is 1. The molecule has 35 heavy (non-hydrogen) atoms. The van der Waals surface area contributed by atoms with Crippen LogP contribution in [0.25, 0.3) is 10.9 Å². The lowest BCUT2D eigenvalue weighted by atomic mass is 10.1. The molecule has 0 atom stereocenters. The molecular formula is C22H20F5N3O4S. The molecule has 7 nitrogen and oxygen atoms in total. The van der Waals surface area contributed by atoms with Gasteiger partial charge in [0.1, 0.15) is 11.5 Å². The summed E-state index contributed by atoms with van der Waals surface area (Å²) in [5, 5.41) is 0.745. The van der Waals surface area contributed by atoms with Gasteiger partial charge < -0.3 is 9.47 Å². The van der Waals surface area contributed by atoms with Crippen molar-refractivity contribution < 1.29 is 39.8 Å². The normalized spacial score (nSPS) is 15.5. The van der Waals surface area contributed by atoms with Crippen molar-refractivity contribution in [3.8, 4) is 11.5 Å². The molecule has 1 fully saturated rings. The number of rotatable bonds is 6. The van der Waals surface area contributed by atoms with Crippen LogP contribution < -0.4 is 9.47 Å². The van der Waals surface area contributed by atoms with Gasteiger partial charge in [-0.25, -0.2) is 30.4 Å². The Bertz CT molecular complexity index is 1370. The molecule has 0 aliphatic carbocycles. The van der Waals surface area contributed by atoms with Gasteiger partial charge in [0.15, 0.2) is 28.2 Å². The van der Waals surface area contributed by atoms with Gasteiger partial charge >= 0.3 is 0 Å². The van der Waals surface area contributed by atoms with E-state index in [1.54, 1.807) is 31.4 Å². The molecule has 1 aromatic heterocycles. The Kier molecular flexibility index (Phi) is 6.84. The van der Waals surface area contributed by atoms with Crippen molar-refractivity contribution in [2.75, 3.05) is 40.4 Å². The van der Waals surface area contributed by atoms with E-state index in [9.17, 15) is 30.4 Å². The third kappa shape index (κ3) is 4.50. The van der Waals surface area contributed by atoms with E-state index >= 15 is 0 Å². The van der Waals surface area contributed by atoms with E-state index in [1.807, 2.05) is 4.90 Å². The quantitative estimate of drug-likeness (QED) is 0.284. The molecule has 1 aliphatic heterocycles. The first-order valence-electron chi connectivity index (χ1n) is 10.3. The largest absolute Gasteiger partial charge is 0.497 e. The van der Waals surface area contributed by atoms with Gasteiger partial charge in [-0.1, -0.05) is 0 Å². The van der Waals surface area contributed by atoms with E-state index in [1.165, 1.54) is 7.11 Å². The van der Waals surface area contributed by atoms with Crippen molar-refractivity contribution in [2.24, 2.45) is 0 Å². The monoisotopic (exact) mass is 517 g/mol. The van der Waals surface area contributed by atoms with Gasteiger partial charge in [-0.05, 0) is 18.2 Å². The zero-order valence-electron chi connectivity index (χ0n) is 18.6. The Labute approximate surface area is 197 Å². The van der Waals surface area contributed by atoms with Crippen molar-refractivity contribution in [3.63, 3.8) is 0 Å². The zero-order valence-corrected chi connectivity index (χ0v) is 19.4. The molecule has 2 aromatic carbocycles. The second-order valence-electron chi connectivity index (χ2n) is 7.78. The Morgan fingerprint density at radius 3 is 2.03 bits per heavy atom. The highest BCUT2D eigenvalue weighted by atomic mass is 32.2. The lowest BCUT2D eigenvalue weighted by Gasteiger charge is -2.34. The van der Waals surface area contributed by atoms with Crippen LogP contribution in [-0.4, -0.2) is 63.0 Å². The first-order chi connectivity index (χ1) is 16.6. The van der Waals surface area contributed by atoms with Crippen LogP contribution in [0.3, 0.4) is 0 Å². The molecule has 0 N–H and O–H groups in total. The summed E-state index contributed by atoms with van der Waals surface area (Å²) in [4.78, 5) is 4.59. The minimum absolute atomic E-state index is 0.138. The van der Waals surface area contributed by atoms with Crippen LogP contribution >= 0.6 is 0 Å². The lowest BCUT2D eigenvalue weighted by molar-refractivity contribution is 0.179. The van der Waals surface area contributed by atoms with Gasteiger partial charge in [-0.3, -0.25) is 9.88 Å². The summed E-state index contributed by atoms with van der Waals surface area (Å²) in [6.07, 6.45) is 0. The molecule has 13 heteroatoms. The second-order valence-corrected chi connectivity index (χ2v) is 9.65. The number of piperazine rings is 1. The van der Waals surface area contributed by atoms with Gasteiger partial charge in [0.05, 0.1) is 25.4 Å². The molecule has 3 aromatic rings. The van der Waals surface area contributed by atoms with E-state index in [4.69, 9.17) is 9.47 Å². The number of sulfonamides is 1.